The number of non-ortho nitro benzene ring substituents is 1. The number of benzene rings is 1. The van der Waals surface area contributed by atoms with Gasteiger partial charge in [-0.05, 0) is 39.7 Å². The fraction of sp³-hybridized carbons (Fsp3) is 0.500. The molecule has 1 saturated heterocycles. The van der Waals surface area contributed by atoms with Crippen LogP contribution in [-0.4, -0.2) is 50.2 Å². The molecule has 1 fully saturated rings. The lowest BCUT2D eigenvalue weighted by Gasteiger charge is -2.27. The maximum atomic E-state index is 12.5. The molecule has 1 aliphatic rings. The van der Waals surface area contributed by atoms with Gasteiger partial charge in [0, 0.05) is 18.7 Å². The lowest BCUT2D eigenvalue weighted by atomic mass is 10.1. The first-order valence-corrected chi connectivity index (χ1v) is 8.94. The van der Waals surface area contributed by atoms with E-state index in [-0.39, 0.29) is 11.7 Å². The van der Waals surface area contributed by atoms with Crippen LogP contribution >= 0.6 is 0 Å². The Kier molecular flexibility index (Phi) is 5.21. The van der Waals surface area contributed by atoms with Gasteiger partial charge in [0.15, 0.2) is 0 Å². The van der Waals surface area contributed by atoms with Crippen molar-refractivity contribution in [2.45, 2.75) is 45.3 Å². The molecule has 10 heteroatoms. The van der Waals surface area contributed by atoms with Crippen LogP contribution < -0.4 is 4.74 Å². The molecule has 28 heavy (non-hydrogen) atoms. The smallest absolute Gasteiger partial charge is 0.410 e. The second-order valence-corrected chi connectivity index (χ2v) is 7.53. The maximum absolute atomic E-state index is 12.5. The van der Waals surface area contributed by atoms with Gasteiger partial charge in [0.2, 0.25) is 0 Å². The molecule has 150 valence electrons. The van der Waals surface area contributed by atoms with E-state index in [1.54, 1.807) is 11.1 Å². The van der Waals surface area contributed by atoms with Gasteiger partial charge < -0.3 is 9.47 Å². The van der Waals surface area contributed by atoms with E-state index in [0.29, 0.717) is 23.7 Å². The summed E-state index contributed by atoms with van der Waals surface area (Å²) in [6.07, 6.45) is 2.84. The standard InChI is InChI=1S/C18H23N5O5/c1-18(2,3)28-17(24)21-9-5-6-14(21)13-11-22(20-19-13)15-10-12(23(25)26)7-8-16(15)27-4/h7-8,10-11,14H,5-6,9H2,1-4H3/t14-/m0/s1. The monoisotopic (exact) mass is 389 g/mol. The molecule has 1 amide bonds. The van der Waals surface area contributed by atoms with Crippen LogP contribution in [-0.2, 0) is 4.74 Å². The van der Waals surface area contributed by atoms with Gasteiger partial charge in [0.05, 0.1) is 24.3 Å². The molecule has 10 nitrogen and oxygen atoms in total. The highest BCUT2D eigenvalue weighted by Gasteiger charge is 2.35. The van der Waals surface area contributed by atoms with Crippen LogP contribution in [0.3, 0.4) is 0 Å². The van der Waals surface area contributed by atoms with E-state index in [9.17, 15) is 14.9 Å². The van der Waals surface area contributed by atoms with Crippen LogP contribution in [0, 0.1) is 10.1 Å². The SMILES string of the molecule is COc1ccc([N+](=O)[O-])cc1-n1cc([C@@H]2CCCN2C(=O)OC(C)(C)C)nn1. The third-order valence-corrected chi connectivity index (χ3v) is 4.35. The second-order valence-electron chi connectivity index (χ2n) is 7.53. The van der Waals surface area contributed by atoms with Crippen molar-refractivity contribution in [2.75, 3.05) is 13.7 Å². The molecule has 2 heterocycles. The number of ether oxygens (including phenoxy) is 2. The number of nitro groups is 1. The Bertz CT molecular complexity index is 889. The molecule has 0 spiro atoms. The zero-order valence-corrected chi connectivity index (χ0v) is 16.3. The lowest BCUT2D eigenvalue weighted by Crippen LogP contribution is -2.36. The summed E-state index contributed by atoms with van der Waals surface area (Å²) in [5.74, 6) is 0.428. The van der Waals surface area contributed by atoms with Crippen LogP contribution in [0.1, 0.15) is 45.3 Å². The third-order valence-electron chi connectivity index (χ3n) is 4.35. The van der Waals surface area contributed by atoms with Gasteiger partial charge in [0.25, 0.3) is 5.69 Å². The maximum Gasteiger partial charge on any atom is 0.410 e. The molecule has 0 N–H and O–H groups in total. The van der Waals surface area contributed by atoms with E-state index >= 15 is 0 Å². The number of nitro benzene ring substituents is 1. The Morgan fingerprint density at radius 1 is 1.36 bits per heavy atom. The van der Waals surface area contributed by atoms with Gasteiger partial charge in [-0.15, -0.1) is 5.10 Å². The molecule has 1 aliphatic heterocycles. The number of amides is 1. The summed E-state index contributed by atoms with van der Waals surface area (Å²) in [7, 11) is 1.48. The lowest BCUT2D eigenvalue weighted by molar-refractivity contribution is -0.384. The first kappa shape index (κ1) is 19.6. The summed E-state index contributed by atoms with van der Waals surface area (Å²) in [5, 5.41) is 19.4. The Morgan fingerprint density at radius 3 is 2.75 bits per heavy atom. The molecule has 0 radical (unpaired) electrons. The number of likely N-dealkylation sites (tertiary alicyclic amines) is 1. The fourth-order valence-electron chi connectivity index (χ4n) is 3.13. The number of carbonyl (C=O) groups is 1. The van der Waals surface area contributed by atoms with Crippen LogP contribution in [0.5, 0.6) is 5.75 Å². The minimum Gasteiger partial charge on any atom is -0.494 e. The van der Waals surface area contributed by atoms with Crippen molar-refractivity contribution >= 4 is 11.8 Å². The van der Waals surface area contributed by atoms with Gasteiger partial charge in [-0.1, -0.05) is 5.21 Å². The van der Waals surface area contributed by atoms with Crippen molar-refractivity contribution in [3.05, 3.63) is 40.2 Å². The van der Waals surface area contributed by atoms with Crippen LogP contribution in [0.2, 0.25) is 0 Å². The topological polar surface area (TPSA) is 113 Å². The predicted molar refractivity (Wildman–Crippen MR) is 99.5 cm³/mol. The zero-order chi connectivity index (χ0) is 20.5. The van der Waals surface area contributed by atoms with Gasteiger partial charge in [0.1, 0.15) is 22.7 Å². The third kappa shape index (κ3) is 4.05. The fourth-order valence-corrected chi connectivity index (χ4v) is 3.13. The number of carbonyl (C=O) groups excluding carboxylic acids is 1. The average Bonchev–Trinajstić information content (AvgIpc) is 3.28. The van der Waals surface area contributed by atoms with Gasteiger partial charge in [-0.25, -0.2) is 9.48 Å². The summed E-state index contributed by atoms with van der Waals surface area (Å²) in [6, 6.07) is 3.99. The molecular formula is C18H23N5O5. The highest BCUT2D eigenvalue weighted by atomic mass is 16.6. The van der Waals surface area contributed by atoms with Gasteiger partial charge in [-0.3, -0.25) is 15.0 Å². The van der Waals surface area contributed by atoms with E-state index in [1.165, 1.54) is 30.0 Å². The quantitative estimate of drug-likeness (QED) is 0.582. The van der Waals surface area contributed by atoms with Crippen molar-refractivity contribution in [2.24, 2.45) is 0 Å². The first-order chi connectivity index (χ1) is 13.2. The van der Waals surface area contributed by atoms with E-state index in [2.05, 4.69) is 10.3 Å². The van der Waals surface area contributed by atoms with Crippen LogP contribution in [0.25, 0.3) is 5.69 Å². The molecular weight excluding hydrogens is 366 g/mol. The second kappa shape index (κ2) is 7.45. The molecule has 1 aromatic carbocycles. The summed E-state index contributed by atoms with van der Waals surface area (Å²) in [4.78, 5) is 24.7. The number of rotatable bonds is 4. The highest BCUT2D eigenvalue weighted by molar-refractivity contribution is 5.69. The Morgan fingerprint density at radius 2 is 2.11 bits per heavy atom. The van der Waals surface area contributed by atoms with Gasteiger partial charge >= 0.3 is 6.09 Å². The van der Waals surface area contributed by atoms with E-state index < -0.39 is 16.6 Å². The van der Waals surface area contributed by atoms with Crippen molar-refractivity contribution in [1.82, 2.24) is 19.9 Å². The minimum absolute atomic E-state index is 0.0795. The molecule has 0 unspecified atom stereocenters. The normalized spacial score (nSPS) is 16.9. The zero-order valence-electron chi connectivity index (χ0n) is 16.3. The Hall–Kier alpha value is -3.17. The summed E-state index contributed by atoms with van der Waals surface area (Å²) >= 11 is 0. The van der Waals surface area contributed by atoms with Crippen molar-refractivity contribution in [3.63, 3.8) is 0 Å². The number of aromatic nitrogens is 3. The van der Waals surface area contributed by atoms with E-state index in [0.717, 1.165) is 12.8 Å². The van der Waals surface area contributed by atoms with Crippen molar-refractivity contribution in [3.8, 4) is 11.4 Å². The molecule has 0 bridgehead atoms. The summed E-state index contributed by atoms with van der Waals surface area (Å²) in [6.45, 7) is 6.04. The molecule has 3 rings (SSSR count). The van der Waals surface area contributed by atoms with E-state index in [4.69, 9.17) is 9.47 Å². The Balaban J connectivity index is 1.89. The number of hydrogen-bond donors (Lipinski definition) is 0. The van der Waals surface area contributed by atoms with E-state index in [1.807, 2.05) is 20.8 Å². The summed E-state index contributed by atoms with van der Waals surface area (Å²) in [5.41, 5.74) is 0.330. The number of hydrogen-bond acceptors (Lipinski definition) is 7. The highest BCUT2D eigenvalue weighted by Crippen LogP contribution is 2.33. The number of nitrogens with zero attached hydrogens (tertiary/aromatic N) is 5. The largest absolute Gasteiger partial charge is 0.494 e. The number of methoxy groups -OCH3 is 1. The molecule has 0 aliphatic carbocycles. The molecule has 1 aromatic heterocycles. The Labute approximate surface area is 162 Å². The van der Waals surface area contributed by atoms with Crippen molar-refractivity contribution in [1.29, 1.82) is 0 Å². The van der Waals surface area contributed by atoms with Crippen LogP contribution in [0.15, 0.2) is 24.4 Å². The van der Waals surface area contributed by atoms with Crippen molar-refractivity contribution < 1.29 is 19.2 Å². The average molecular weight is 389 g/mol. The van der Waals surface area contributed by atoms with Crippen LogP contribution in [0.4, 0.5) is 10.5 Å². The summed E-state index contributed by atoms with van der Waals surface area (Å²) < 4.78 is 12.2. The molecule has 1 atom stereocenters. The molecule has 2 aromatic rings. The molecule has 0 saturated carbocycles. The minimum atomic E-state index is -0.585. The first-order valence-electron chi connectivity index (χ1n) is 8.94. The predicted octanol–water partition coefficient (Wildman–Crippen LogP) is 3.26. The van der Waals surface area contributed by atoms with Gasteiger partial charge in [-0.2, -0.15) is 0 Å².